The topological polar surface area (TPSA) is 38.3 Å². The van der Waals surface area contributed by atoms with Gasteiger partial charge in [-0.1, -0.05) is 19.9 Å². The van der Waals surface area contributed by atoms with E-state index in [1.54, 1.807) is 12.1 Å². The Kier molecular flexibility index (Phi) is 5.67. The monoisotopic (exact) mass is 309 g/mol. The summed E-state index contributed by atoms with van der Waals surface area (Å²) in [6.45, 7) is 4.26. The van der Waals surface area contributed by atoms with Crippen LogP contribution < -0.4 is 5.32 Å². The summed E-state index contributed by atoms with van der Waals surface area (Å²) in [6, 6.07) is 4.77. The minimum absolute atomic E-state index is 0.269. The maximum absolute atomic E-state index is 14.2. The molecule has 0 aromatic heterocycles. The van der Waals surface area contributed by atoms with Gasteiger partial charge < -0.3 is 4.74 Å². The van der Waals surface area contributed by atoms with Gasteiger partial charge in [-0.05, 0) is 41.9 Å². The maximum Gasteiger partial charge on any atom is 0.411 e. The van der Waals surface area contributed by atoms with Crippen molar-refractivity contribution in [3.05, 3.63) is 35.7 Å². The molecule has 1 aliphatic heterocycles. The first-order chi connectivity index (χ1) is 10.1. The van der Waals surface area contributed by atoms with Crippen molar-refractivity contribution in [2.24, 2.45) is 5.92 Å². The number of hydrogen-bond donors (Lipinski definition) is 1. The summed E-state index contributed by atoms with van der Waals surface area (Å²) in [5.74, 6) is 1.91. The largest absolute Gasteiger partial charge is 0.449 e. The number of hydrogen-bond acceptors (Lipinski definition) is 3. The molecule has 0 radical (unpaired) electrons. The fourth-order valence-electron chi connectivity index (χ4n) is 2.02. The van der Waals surface area contributed by atoms with E-state index in [1.165, 1.54) is 6.07 Å². The Bertz CT molecular complexity index is 543. The lowest BCUT2D eigenvalue weighted by molar-refractivity contribution is 0.147. The summed E-state index contributed by atoms with van der Waals surface area (Å²) < 4.78 is 19.2. The molecule has 1 heterocycles. The highest BCUT2D eigenvalue weighted by atomic mass is 32.2. The average molecular weight is 309 g/mol. The third-order valence-electron chi connectivity index (χ3n) is 3.07. The molecule has 2 rings (SSSR count). The number of rotatable bonds is 4. The van der Waals surface area contributed by atoms with Crippen molar-refractivity contribution in [1.82, 2.24) is 0 Å². The highest BCUT2D eigenvalue weighted by molar-refractivity contribution is 7.99. The summed E-state index contributed by atoms with van der Waals surface area (Å²) >= 11 is 1.85. The fraction of sp³-hybridized carbons (Fsp3) is 0.438. The van der Waals surface area contributed by atoms with Crippen molar-refractivity contribution in [1.29, 1.82) is 0 Å². The average Bonchev–Trinajstić information content (AvgIpc) is 2.46. The number of ether oxygens (including phenoxy) is 1. The van der Waals surface area contributed by atoms with Crippen LogP contribution in [0.5, 0.6) is 0 Å². The van der Waals surface area contributed by atoms with Gasteiger partial charge in [-0.15, -0.1) is 0 Å². The molecule has 0 saturated carbocycles. The zero-order valence-corrected chi connectivity index (χ0v) is 13.1. The first kappa shape index (κ1) is 15.9. The summed E-state index contributed by atoms with van der Waals surface area (Å²) in [5, 5.41) is 2.54. The smallest absolute Gasteiger partial charge is 0.411 e. The first-order valence-corrected chi connectivity index (χ1v) is 8.22. The number of benzene rings is 1. The number of amides is 1. The van der Waals surface area contributed by atoms with E-state index < -0.39 is 6.09 Å². The fourth-order valence-corrected chi connectivity index (χ4v) is 2.87. The molecule has 0 saturated heterocycles. The van der Waals surface area contributed by atoms with E-state index >= 15 is 0 Å². The molecule has 0 atom stereocenters. The quantitative estimate of drug-likeness (QED) is 0.886. The van der Waals surface area contributed by atoms with E-state index in [0.717, 1.165) is 23.5 Å². The van der Waals surface area contributed by atoms with E-state index in [9.17, 15) is 9.18 Å². The summed E-state index contributed by atoms with van der Waals surface area (Å²) in [4.78, 5) is 11.5. The Labute approximate surface area is 128 Å². The summed E-state index contributed by atoms with van der Waals surface area (Å²) in [6.07, 6.45) is 2.39. The Morgan fingerprint density at radius 1 is 1.48 bits per heavy atom. The molecule has 21 heavy (non-hydrogen) atoms. The Hall–Kier alpha value is -1.49. The van der Waals surface area contributed by atoms with Crippen molar-refractivity contribution in [2.45, 2.75) is 20.3 Å². The molecule has 3 nitrogen and oxygen atoms in total. The lowest BCUT2D eigenvalue weighted by atomic mass is 10.0. The van der Waals surface area contributed by atoms with E-state index in [0.29, 0.717) is 17.9 Å². The zero-order valence-electron chi connectivity index (χ0n) is 12.3. The Balaban J connectivity index is 2.01. The van der Waals surface area contributed by atoms with Gasteiger partial charge in [0.05, 0.1) is 6.61 Å². The maximum atomic E-state index is 14.2. The predicted octanol–water partition coefficient (Wildman–Crippen LogP) is 4.55. The van der Waals surface area contributed by atoms with Crippen LogP contribution in [0.25, 0.3) is 5.57 Å². The van der Waals surface area contributed by atoms with Crippen LogP contribution in [0.3, 0.4) is 0 Å². The molecule has 0 aliphatic carbocycles. The highest BCUT2D eigenvalue weighted by Crippen LogP contribution is 2.29. The van der Waals surface area contributed by atoms with E-state index in [-0.39, 0.29) is 11.7 Å². The standard InChI is InChI=1S/C16H20FNO2S/c1-11(2)10-20-16(19)18-13-3-4-14(15(17)9-13)12-5-7-21-8-6-12/h3-5,9,11H,6-8,10H2,1-2H3,(H,18,19). The molecule has 0 unspecified atom stereocenters. The lowest BCUT2D eigenvalue weighted by Gasteiger charge is -2.14. The van der Waals surface area contributed by atoms with E-state index in [2.05, 4.69) is 11.4 Å². The molecule has 1 aromatic carbocycles. The van der Waals surface area contributed by atoms with Crippen molar-refractivity contribution in [3.8, 4) is 0 Å². The normalized spacial score (nSPS) is 14.8. The van der Waals surface area contributed by atoms with Gasteiger partial charge in [0.25, 0.3) is 0 Å². The number of carbonyl (C=O) groups is 1. The second kappa shape index (κ2) is 7.50. The van der Waals surface area contributed by atoms with Gasteiger partial charge in [-0.25, -0.2) is 9.18 Å². The van der Waals surface area contributed by atoms with Crippen molar-refractivity contribution >= 4 is 29.1 Å². The van der Waals surface area contributed by atoms with Gasteiger partial charge in [0.15, 0.2) is 0 Å². The van der Waals surface area contributed by atoms with Crippen molar-refractivity contribution in [2.75, 3.05) is 23.4 Å². The minimum Gasteiger partial charge on any atom is -0.449 e. The van der Waals surface area contributed by atoms with E-state index in [1.807, 2.05) is 25.6 Å². The number of allylic oxidation sites excluding steroid dienone is 1. The van der Waals surface area contributed by atoms with Gasteiger partial charge in [0.2, 0.25) is 0 Å². The third kappa shape index (κ3) is 4.77. The second-order valence-corrected chi connectivity index (χ2v) is 6.52. The molecule has 0 spiro atoms. The molecule has 0 bridgehead atoms. The Morgan fingerprint density at radius 3 is 2.90 bits per heavy atom. The van der Waals surface area contributed by atoms with Gasteiger partial charge in [-0.3, -0.25) is 5.32 Å². The van der Waals surface area contributed by atoms with Crippen LogP contribution >= 0.6 is 11.8 Å². The minimum atomic E-state index is -0.552. The molecule has 114 valence electrons. The van der Waals surface area contributed by atoms with Crippen LogP contribution in [-0.2, 0) is 4.74 Å². The molecule has 1 amide bonds. The van der Waals surface area contributed by atoms with Gasteiger partial charge in [0.1, 0.15) is 5.82 Å². The molecule has 5 heteroatoms. The Morgan fingerprint density at radius 2 is 2.29 bits per heavy atom. The number of anilines is 1. The third-order valence-corrected chi connectivity index (χ3v) is 3.97. The van der Waals surface area contributed by atoms with Gasteiger partial charge in [-0.2, -0.15) is 11.8 Å². The van der Waals surface area contributed by atoms with Crippen LogP contribution in [0.2, 0.25) is 0 Å². The van der Waals surface area contributed by atoms with Crippen LogP contribution in [0.4, 0.5) is 14.9 Å². The number of carbonyl (C=O) groups excluding carboxylic acids is 1. The van der Waals surface area contributed by atoms with Crippen LogP contribution in [-0.4, -0.2) is 24.2 Å². The van der Waals surface area contributed by atoms with E-state index in [4.69, 9.17) is 4.74 Å². The van der Waals surface area contributed by atoms with Gasteiger partial charge in [0, 0.05) is 17.0 Å². The first-order valence-electron chi connectivity index (χ1n) is 7.06. The van der Waals surface area contributed by atoms with Crippen LogP contribution in [0.15, 0.2) is 24.3 Å². The van der Waals surface area contributed by atoms with Crippen LogP contribution in [0, 0.1) is 11.7 Å². The molecule has 0 fully saturated rings. The molecule has 1 N–H and O–H groups in total. The summed E-state index contributed by atoms with van der Waals surface area (Å²) in [5.41, 5.74) is 2.08. The number of nitrogens with one attached hydrogen (secondary N) is 1. The molecule has 1 aromatic rings. The van der Waals surface area contributed by atoms with Crippen LogP contribution in [0.1, 0.15) is 25.8 Å². The zero-order chi connectivity index (χ0) is 15.2. The lowest BCUT2D eigenvalue weighted by Crippen LogP contribution is -2.16. The van der Waals surface area contributed by atoms with Crippen molar-refractivity contribution < 1.29 is 13.9 Å². The number of halogens is 1. The SMILES string of the molecule is CC(C)COC(=O)Nc1ccc(C2=CCSCC2)c(F)c1. The van der Waals surface area contributed by atoms with Crippen molar-refractivity contribution in [3.63, 3.8) is 0 Å². The number of thioether (sulfide) groups is 1. The molecular formula is C16H20FNO2S. The second-order valence-electron chi connectivity index (χ2n) is 5.37. The van der Waals surface area contributed by atoms with Gasteiger partial charge >= 0.3 is 6.09 Å². The molecular weight excluding hydrogens is 289 g/mol. The predicted molar refractivity (Wildman–Crippen MR) is 86.1 cm³/mol. The highest BCUT2D eigenvalue weighted by Gasteiger charge is 2.12. The summed E-state index contributed by atoms with van der Waals surface area (Å²) in [7, 11) is 0. The molecule has 1 aliphatic rings.